The number of ether oxygens (including phenoxy) is 2. The van der Waals surface area contributed by atoms with Crippen LogP contribution in [0.5, 0.6) is 5.75 Å². The minimum absolute atomic E-state index is 0.0328. The summed E-state index contributed by atoms with van der Waals surface area (Å²) in [6.07, 6.45) is 2.65. The van der Waals surface area contributed by atoms with Crippen LogP contribution in [-0.4, -0.2) is 40.0 Å². The van der Waals surface area contributed by atoms with Crippen LogP contribution in [0.4, 0.5) is 5.69 Å². The Bertz CT molecular complexity index is 562. The van der Waals surface area contributed by atoms with Gasteiger partial charge in [0.1, 0.15) is 12.4 Å². The Kier molecular flexibility index (Phi) is 5.44. The van der Waals surface area contributed by atoms with E-state index in [0.29, 0.717) is 11.4 Å². The average Bonchev–Trinajstić information content (AvgIpc) is 2.85. The van der Waals surface area contributed by atoms with Gasteiger partial charge in [0.2, 0.25) is 10.0 Å². The van der Waals surface area contributed by atoms with Crippen LogP contribution in [-0.2, 0) is 14.8 Å². The van der Waals surface area contributed by atoms with Crippen molar-refractivity contribution < 1.29 is 17.9 Å². The van der Waals surface area contributed by atoms with E-state index in [2.05, 4.69) is 4.72 Å². The molecule has 21 heavy (non-hydrogen) atoms. The zero-order chi connectivity index (χ0) is 15.3. The summed E-state index contributed by atoms with van der Waals surface area (Å²) < 4.78 is 37.5. The highest BCUT2D eigenvalue weighted by molar-refractivity contribution is 7.89. The largest absolute Gasteiger partial charge is 0.492 e. The van der Waals surface area contributed by atoms with Crippen molar-refractivity contribution in [1.82, 2.24) is 4.72 Å². The molecule has 2 atom stereocenters. The van der Waals surface area contributed by atoms with E-state index in [9.17, 15) is 8.42 Å². The van der Waals surface area contributed by atoms with Gasteiger partial charge in [0.25, 0.3) is 0 Å². The maximum Gasteiger partial charge on any atom is 0.215 e. The van der Waals surface area contributed by atoms with Crippen LogP contribution in [0.25, 0.3) is 0 Å². The van der Waals surface area contributed by atoms with Crippen LogP contribution in [0.15, 0.2) is 24.3 Å². The van der Waals surface area contributed by atoms with Gasteiger partial charge in [-0.15, -0.1) is 0 Å². The number of benzene rings is 1. The maximum atomic E-state index is 12.0. The minimum atomic E-state index is -3.37. The van der Waals surface area contributed by atoms with Crippen molar-refractivity contribution in [1.29, 1.82) is 0 Å². The van der Waals surface area contributed by atoms with Crippen molar-refractivity contribution in [2.24, 2.45) is 0 Å². The van der Waals surface area contributed by atoms with Gasteiger partial charge in [-0.05, 0) is 31.4 Å². The molecule has 118 valence electrons. The molecule has 0 spiro atoms. The summed E-state index contributed by atoms with van der Waals surface area (Å²) in [5, 5.41) is 0. The smallest absolute Gasteiger partial charge is 0.215 e. The molecular formula is C14H22N2O4S. The summed E-state index contributed by atoms with van der Waals surface area (Å²) in [7, 11) is -1.76. The molecule has 2 rings (SSSR count). The number of nitrogen functional groups attached to an aromatic ring is 1. The van der Waals surface area contributed by atoms with Gasteiger partial charge in [-0.2, -0.15) is 0 Å². The van der Waals surface area contributed by atoms with Gasteiger partial charge in [-0.3, -0.25) is 0 Å². The maximum absolute atomic E-state index is 12.0. The third-order valence-corrected chi connectivity index (χ3v) is 4.93. The summed E-state index contributed by atoms with van der Waals surface area (Å²) in [6, 6.07) is 6.79. The predicted octanol–water partition coefficient (Wildman–Crippen LogP) is 1.13. The average molecular weight is 314 g/mol. The third-order valence-electron chi connectivity index (χ3n) is 3.57. The van der Waals surface area contributed by atoms with Crippen molar-refractivity contribution in [2.45, 2.75) is 31.4 Å². The van der Waals surface area contributed by atoms with Gasteiger partial charge >= 0.3 is 0 Å². The second-order valence-corrected chi connectivity index (χ2v) is 7.04. The van der Waals surface area contributed by atoms with E-state index in [0.717, 1.165) is 19.3 Å². The normalized spacial score (nSPS) is 22.3. The van der Waals surface area contributed by atoms with Gasteiger partial charge < -0.3 is 15.2 Å². The molecule has 0 aromatic heterocycles. The predicted molar refractivity (Wildman–Crippen MR) is 81.7 cm³/mol. The second-order valence-electron chi connectivity index (χ2n) is 5.17. The standard InChI is InChI=1S/C14H22N2O4S/c1-19-14-7-3-6-13(14)16-21(17,18)9-8-20-12-5-2-4-11(15)10-12/h2,4-5,10,13-14,16H,3,6-9,15H2,1H3. The summed E-state index contributed by atoms with van der Waals surface area (Å²) in [5.74, 6) is 0.482. The van der Waals surface area contributed by atoms with Crippen molar-refractivity contribution in [3.63, 3.8) is 0 Å². The molecule has 1 aromatic carbocycles. The number of hydrogen-bond acceptors (Lipinski definition) is 5. The number of nitrogens with one attached hydrogen (secondary N) is 1. The van der Waals surface area contributed by atoms with E-state index >= 15 is 0 Å². The molecule has 1 aliphatic rings. The van der Waals surface area contributed by atoms with Crippen LogP contribution in [0.1, 0.15) is 19.3 Å². The highest BCUT2D eigenvalue weighted by Gasteiger charge is 2.30. The number of nitrogens with two attached hydrogens (primary N) is 1. The zero-order valence-electron chi connectivity index (χ0n) is 12.1. The molecule has 0 heterocycles. The number of sulfonamides is 1. The molecule has 0 saturated heterocycles. The van der Waals surface area contributed by atoms with Crippen LogP contribution in [0, 0.1) is 0 Å². The quantitative estimate of drug-likeness (QED) is 0.736. The summed E-state index contributed by atoms with van der Waals surface area (Å²) >= 11 is 0. The summed E-state index contributed by atoms with van der Waals surface area (Å²) in [4.78, 5) is 0. The molecule has 1 aromatic rings. The summed E-state index contributed by atoms with van der Waals surface area (Å²) in [6.45, 7) is 0.0865. The third kappa shape index (κ3) is 4.87. The number of methoxy groups -OCH3 is 1. The van der Waals surface area contributed by atoms with Gasteiger partial charge in [0, 0.05) is 24.9 Å². The lowest BCUT2D eigenvalue weighted by Gasteiger charge is -2.19. The first-order valence-corrected chi connectivity index (χ1v) is 8.66. The Labute approximate surface area is 125 Å². The summed E-state index contributed by atoms with van der Waals surface area (Å²) in [5.41, 5.74) is 6.22. The SMILES string of the molecule is COC1CCCC1NS(=O)(=O)CCOc1cccc(N)c1. The number of anilines is 1. The topological polar surface area (TPSA) is 90.6 Å². The molecule has 6 nitrogen and oxygen atoms in total. The van der Waals surface area contributed by atoms with Gasteiger partial charge in [-0.25, -0.2) is 13.1 Å². The molecule has 2 unspecified atom stereocenters. The molecular weight excluding hydrogens is 292 g/mol. The molecule has 0 amide bonds. The lowest BCUT2D eigenvalue weighted by Crippen LogP contribution is -2.42. The minimum Gasteiger partial charge on any atom is -0.492 e. The van der Waals surface area contributed by atoms with E-state index in [4.69, 9.17) is 15.2 Å². The molecule has 3 N–H and O–H groups in total. The Morgan fingerprint density at radius 2 is 2.19 bits per heavy atom. The molecule has 1 saturated carbocycles. The fourth-order valence-electron chi connectivity index (χ4n) is 2.51. The Hall–Kier alpha value is -1.31. The molecule has 7 heteroatoms. The van der Waals surface area contributed by atoms with Gasteiger partial charge in [0.15, 0.2) is 0 Å². The van der Waals surface area contributed by atoms with E-state index in [1.165, 1.54) is 0 Å². The Morgan fingerprint density at radius 3 is 2.90 bits per heavy atom. The van der Waals surface area contributed by atoms with Crippen LogP contribution in [0.2, 0.25) is 0 Å². The van der Waals surface area contributed by atoms with E-state index in [1.807, 2.05) is 0 Å². The molecule has 1 aliphatic carbocycles. The highest BCUT2D eigenvalue weighted by Crippen LogP contribution is 2.22. The zero-order valence-corrected chi connectivity index (χ0v) is 12.9. The van der Waals surface area contributed by atoms with Crippen LogP contribution >= 0.6 is 0 Å². The number of rotatable bonds is 7. The first kappa shape index (κ1) is 16.1. The first-order chi connectivity index (χ1) is 10.00. The highest BCUT2D eigenvalue weighted by atomic mass is 32.2. The van der Waals surface area contributed by atoms with Crippen molar-refractivity contribution in [2.75, 3.05) is 25.2 Å². The van der Waals surface area contributed by atoms with Gasteiger partial charge in [-0.1, -0.05) is 6.07 Å². The lowest BCUT2D eigenvalue weighted by atomic mass is 10.2. The molecule has 1 fully saturated rings. The van der Waals surface area contributed by atoms with Crippen molar-refractivity contribution in [3.05, 3.63) is 24.3 Å². The Balaban J connectivity index is 1.81. The monoisotopic (exact) mass is 314 g/mol. The van der Waals surface area contributed by atoms with Gasteiger partial charge in [0.05, 0.1) is 11.9 Å². The van der Waals surface area contributed by atoms with Crippen molar-refractivity contribution >= 4 is 15.7 Å². The first-order valence-electron chi connectivity index (χ1n) is 7.01. The fraction of sp³-hybridized carbons (Fsp3) is 0.571. The van der Waals surface area contributed by atoms with E-state index in [-0.39, 0.29) is 24.5 Å². The lowest BCUT2D eigenvalue weighted by molar-refractivity contribution is 0.0916. The van der Waals surface area contributed by atoms with E-state index in [1.54, 1.807) is 31.4 Å². The van der Waals surface area contributed by atoms with Crippen LogP contribution in [0.3, 0.4) is 0 Å². The molecule has 0 radical (unpaired) electrons. The Morgan fingerprint density at radius 1 is 1.38 bits per heavy atom. The fourth-order valence-corrected chi connectivity index (χ4v) is 3.66. The van der Waals surface area contributed by atoms with Crippen molar-refractivity contribution in [3.8, 4) is 5.75 Å². The van der Waals surface area contributed by atoms with Crippen LogP contribution < -0.4 is 15.2 Å². The second kappa shape index (κ2) is 7.11. The molecule has 0 bridgehead atoms. The van der Waals surface area contributed by atoms with E-state index < -0.39 is 10.0 Å². The number of hydrogen-bond donors (Lipinski definition) is 2. The molecule has 0 aliphatic heterocycles.